The maximum Gasteiger partial charge on any atom is 0.315 e. The number of aryl methyl sites for hydroxylation is 2. The zero-order valence-electron chi connectivity index (χ0n) is 13.0. The molecule has 0 aliphatic rings. The third-order valence-corrected chi connectivity index (χ3v) is 4.87. The minimum absolute atomic E-state index is 0.134. The molecule has 0 spiro atoms. The van der Waals surface area contributed by atoms with Crippen LogP contribution in [0.15, 0.2) is 22.0 Å². The van der Waals surface area contributed by atoms with E-state index in [4.69, 9.17) is 0 Å². The number of amides is 2. The Morgan fingerprint density at radius 3 is 2.77 bits per heavy atom. The van der Waals surface area contributed by atoms with Gasteiger partial charge >= 0.3 is 6.03 Å². The van der Waals surface area contributed by atoms with E-state index in [1.54, 1.807) is 11.3 Å². The van der Waals surface area contributed by atoms with Crippen LogP contribution in [-0.2, 0) is 13.1 Å². The number of hydrogen-bond donors (Lipinski definition) is 2. The van der Waals surface area contributed by atoms with Gasteiger partial charge in [0.15, 0.2) is 0 Å². The first-order valence-electron chi connectivity index (χ1n) is 7.21. The molecule has 0 saturated carbocycles. The van der Waals surface area contributed by atoms with Crippen molar-refractivity contribution in [2.45, 2.75) is 33.9 Å². The third kappa shape index (κ3) is 5.14. The predicted molar refractivity (Wildman–Crippen MR) is 93.1 cm³/mol. The molecule has 2 rings (SSSR count). The van der Waals surface area contributed by atoms with Gasteiger partial charge in [0.25, 0.3) is 0 Å². The van der Waals surface area contributed by atoms with E-state index in [1.807, 2.05) is 30.7 Å². The average molecular weight is 385 g/mol. The molecule has 7 heteroatoms. The molecular weight excluding hydrogens is 364 g/mol. The Hall–Kier alpha value is -1.34. The molecule has 0 aromatic carbocycles. The van der Waals surface area contributed by atoms with Crippen molar-refractivity contribution < 1.29 is 4.79 Å². The summed E-state index contributed by atoms with van der Waals surface area (Å²) in [5, 5.41) is 10.2. The Bertz CT molecular complexity index is 637. The summed E-state index contributed by atoms with van der Waals surface area (Å²) < 4.78 is 3.06. The largest absolute Gasteiger partial charge is 0.338 e. The van der Waals surface area contributed by atoms with E-state index in [0.29, 0.717) is 19.0 Å². The minimum Gasteiger partial charge on any atom is -0.338 e. The topological polar surface area (TPSA) is 59.0 Å². The number of nitrogens with zero attached hydrogens (tertiary/aromatic N) is 2. The molecule has 0 bridgehead atoms. The molecule has 2 amide bonds. The van der Waals surface area contributed by atoms with Gasteiger partial charge in [0.1, 0.15) is 0 Å². The molecule has 2 aromatic rings. The lowest BCUT2D eigenvalue weighted by molar-refractivity contribution is 0.238. The maximum absolute atomic E-state index is 11.8. The van der Waals surface area contributed by atoms with Crippen LogP contribution in [0.2, 0.25) is 0 Å². The van der Waals surface area contributed by atoms with Gasteiger partial charge in [-0.2, -0.15) is 5.10 Å². The molecule has 2 heterocycles. The van der Waals surface area contributed by atoms with Crippen molar-refractivity contribution in [3.05, 3.63) is 38.3 Å². The molecule has 1 atom stereocenters. The lowest BCUT2D eigenvalue weighted by Crippen LogP contribution is -2.38. The van der Waals surface area contributed by atoms with Gasteiger partial charge in [-0.05, 0) is 53.9 Å². The molecular formula is C15H21BrN4OS. The first kappa shape index (κ1) is 17.0. The number of thiophene rings is 1. The second kappa shape index (κ2) is 7.78. The van der Waals surface area contributed by atoms with Crippen molar-refractivity contribution in [2.75, 3.05) is 6.54 Å². The van der Waals surface area contributed by atoms with Crippen LogP contribution in [-0.4, -0.2) is 22.4 Å². The zero-order valence-corrected chi connectivity index (χ0v) is 15.4. The van der Waals surface area contributed by atoms with Crippen LogP contribution in [0, 0.1) is 19.8 Å². The molecule has 120 valence electrons. The molecule has 22 heavy (non-hydrogen) atoms. The van der Waals surface area contributed by atoms with Crippen LogP contribution in [0.25, 0.3) is 0 Å². The van der Waals surface area contributed by atoms with Crippen LogP contribution < -0.4 is 10.6 Å². The van der Waals surface area contributed by atoms with Crippen LogP contribution >= 0.6 is 27.3 Å². The number of aromatic nitrogens is 2. The fourth-order valence-corrected chi connectivity index (χ4v) is 3.59. The van der Waals surface area contributed by atoms with E-state index in [0.717, 1.165) is 26.6 Å². The van der Waals surface area contributed by atoms with Gasteiger partial charge in [-0.1, -0.05) is 6.92 Å². The van der Waals surface area contributed by atoms with Crippen molar-refractivity contribution in [3.8, 4) is 0 Å². The Morgan fingerprint density at radius 1 is 1.41 bits per heavy atom. The molecule has 5 nitrogen and oxygen atoms in total. The van der Waals surface area contributed by atoms with Crippen LogP contribution in [0.4, 0.5) is 4.79 Å². The number of halogens is 1. The fourth-order valence-electron chi connectivity index (χ4n) is 2.16. The van der Waals surface area contributed by atoms with E-state index in [1.165, 1.54) is 0 Å². The molecule has 0 fully saturated rings. The third-order valence-electron chi connectivity index (χ3n) is 3.25. The SMILES string of the molecule is Cc1cc(C)n(CC(C)CNC(=O)NCc2ccc(Br)s2)n1. The second-order valence-corrected chi connectivity index (χ2v) is 8.03. The monoisotopic (exact) mass is 384 g/mol. The molecule has 1 unspecified atom stereocenters. The summed E-state index contributed by atoms with van der Waals surface area (Å²) in [7, 11) is 0. The first-order valence-corrected chi connectivity index (χ1v) is 8.82. The van der Waals surface area contributed by atoms with Gasteiger partial charge in [-0.15, -0.1) is 11.3 Å². The molecule has 0 radical (unpaired) electrons. The van der Waals surface area contributed by atoms with E-state index in [2.05, 4.69) is 44.7 Å². The summed E-state index contributed by atoms with van der Waals surface area (Å²) in [6.07, 6.45) is 0. The molecule has 0 aliphatic carbocycles. The van der Waals surface area contributed by atoms with Crippen molar-refractivity contribution in [1.29, 1.82) is 0 Å². The van der Waals surface area contributed by atoms with Gasteiger partial charge in [0, 0.05) is 23.7 Å². The van der Waals surface area contributed by atoms with Crippen LogP contribution in [0.3, 0.4) is 0 Å². The zero-order chi connectivity index (χ0) is 16.1. The summed E-state index contributed by atoms with van der Waals surface area (Å²) in [6, 6.07) is 5.91. The van der Waals surface area contributed by atoms with Crippen molar-refractivity contribution >= 4 is 33.3 Å². The number of carbonyl (C=O) groups excluding carboxylic acids is 1. The van der Waals surface area contributed by atoms with Crippen molar-refractivity contribution in [2.24, 2.45) is 5.92 Å². The predicted octanol–water partition coefficient (Wildman–Crippen LogP) is 3.46. The highest BCUT2D eigenvalue weighted by atomic mass is 79.9. The van der Waals surface area contributed by atoms with E-state index in [9.17, 15) is 4.79 Å². The summed E-state index contributed by atoms with van der Waals surface area (Å²) in [5.74, 6) is 0.319. The van der Waals surface area contributed by atoms with Gasteiger partial charge in [-0.3, -0.25) is 4.68 Å². The lowest BCUT2D eigenvalue weighted by atomic mass is 10.2. The maximum atomic E-state index is 11.8. The molecule has 0 saturated heterocycles. The van der Waals surface area contributed by atoms with Crippen molar-refractivity contribution in [3.63, 3.8) is 0 Å². The van der Waals surface area contributed by atoms with E-state index in [-0.39, 0.29) is 6.03 Å². The standard InChI is InChI=1S/C15H21BrN4OS/c1-10(9-20-12(3)6-11(2)19-20)7-17-15(21)18-8-13-4-5-14(16)22-13/h4-6,10H,7-9H2,1-3H3,(H2,17,18,21). The van der Waals surface area contributed by atoms with E-state index < -0.39 is 0 Å². The smallest absolute Gasteiger partial charge is 0.315 e. The van der Waals surface area contributed by atoms with Crippen LogP contribution in [0.1, 0.15) is 23.2 Å². The van der Waals surface area contributed by atoms with Gasteiger partial charge in [0.2, 0.25) is 0 Å². The number of hydrogen-bond acceptors (Lipinski definition) is 3. The number of rotatable bonds is 6. The Morgan fingerprint density at radius 2 is 2.18 bits per heavy atom. The molecule has 0 aliphatic heterocycles. The highest BCUT2D eigenvalue weighted by molar-refractivity contribution is 9.11. The molecule has 2 N–H and O–H groups in total. The van der Waals surface area contributed by atoms with Gasteiger partial charge in [-0.25, -0.2) is 4.79 Å². The van der Waals surface area contributed by atoms with Crippen LogP contribution in [0.5, 0.6) is 0 Å². The lowest BCUT2D eigenvalue weighted by Gasteiger charge is -2.14. The van der Waals surface area contributed by atoms with Crippen molar-refractivity contribution in [1.82, 2.24) is 20.4 Å². The number of urea groups is 1. The first-order chi connectivity index (χ1) is 10.4. The number of carbonyl (C=O) groups is 1. The summed E-state index contributed by atoms with van der Waals surface area (Å²) in [5.41, 5.74) is 2.18. The quantitative estimate of drug-likeness (QED) is 0.800. The summed E-state index contributed by atoms with van der Waals surface area (Å²) >= 11 is 5.03. The van der Waals surface area contributed by atoms with Gasteiger partial charge in [0.05, 0.1) is 16.0 Å². The normalized spacial score (nSPS) is 12.2. The highest BCUT2D eigenvalue weighted by Gasteiger charge is 2.09. The van der Waals surface area contributed by atoms with Gasteiger partial charge < -0.3 is 10.6 Å². The average Bonchev–Trinajstić information content (AvgIpc) is 3.00. The Labute approximate surface area is 143 Å². The van der Waals surface area contributed by atoms with E-state index >= 15 is 0 Å². The summed E-state index contributed by atoms with van der Waals surface area (Å²) in [6.45, 7) is 8.12. The molecule has 2 aromatic heterocycles. The fraction of sp³-hybridized carbons (Fsp3) is 0.467. The Balaban J connectivity index is 1.70. The summed E-state index contributed by atoms with van der Waals surface area (Å²) in [4.78, 5) is 12.9. The number of nitrogens with one attached hydrogen (secondary N) is 2. The minimum atomic E-state index is -0.134. The highest BCUT2D eigenvalue weighted by Crippen LogP contribution is 2.21. The second-order valence-electron chi connectivity index (χ2n) is 5.48. The Kier molecular flexibility index (Phi) is 6.02.